The maximum absolute atomic E-state index is 6.38. The van der Waals surface area contributed by atoms with E-state index in [0.717, 1.165) is 23.7 Å². The van der Waals surface area contributed by atoms with Gasteiger partial charge in [-0.1, -0.05) is 20.3 Å². The van der Waals surface area contributed by atoms with Crippen LogP contribution < -0.4 is 5.73 Å². The highest BCUT2D eigenvalue weighted by molar-refractivity contribution is 5.07. The summed E-state index contributed by atoms with van der Waals surface area (Å²) in [6.45, 7) is 5.24. The smallest absolute Gasteiger partial charge is 0.00443 e. The van der Waals surface area contributed by atoms with Crippen LogP contribution >= 0.6 is 0 Å². The minimum atomic E-state index is 0.492. The maximum Gasteiger partial charge on any atom is 0.00443 e. The molecule has 4 rings (SSSR count). The van der Waals surface area contributed by atoms with Crippen LogP contribution in [0.5, 0.6) is 0 Å². The fraction of sp³-hybridized carbons (Fsp3) is 1.00. The van der Waals surface area contributed by atoms with E-state index >= 15 is 0 Å². The van der Waals surface area contributed by atoms with Gasteiger partial charge in [0.25, 0.3) is 0 Å². The van der Waals surface area contributed by atoms with Crippen molar-refractivity contribution in [1.82, 2.24) is 0 Å². The first kappa shape index (κ1) is 13.6. The average molecular weight is 275 g/mol. The van der Waals surface area contributed by atoms with Crippen molar-refractivity contribution in [2.24, 2.45) is 40.2 Å². The second-order valence-corrected chi connectivity index (χ2v) is 9.28. The van der Waals surface area contributed by atoms with Crippen molar-refractivity contribution in [3.8, 4) is 0 Å². The molecule has 3 unspecified atom stereocenters. The van der Waals surface area contributed by atoms with Crippen LogP contribution in [0, 0.1) is 34.5 Å². The van der Waals surface area contributed by atoms with E-state index in [1.165, 1.54) is 57.8 Å². The molecular formula is C19H33N. The van der Waals surface area contributed by atoms with E-state index < -0.39 is 0 Å². The van der Waals surface area contributed by atoms with E-state index in [0.29, 0.717) is 16.9 Å². The SMILES string of the molecule is CC12CCC[C@H]1C1CC[C@H]3CCC(N)C[C@]3(C)[C@H]1CC2. The molecule has 4 saturated carbocycles. The fourth-order valence-electron chi connectivity index (χ4n) is 7.40. The van der Waals surface area contributed by atoms with Crippen molar-refractivity contribution in [1.29, 1.82) is 0 Å². The predicted molar refractivity (Wildman–Crippen MR) is 84.3 cm³/mol. The van der Waals surface area contributed by atoms with Gasteiger partial charge in [0, 0.05) is 6.04 Å². The van der Waals surface area contributed by atoms with Crippen LogP contribution in [0.1, 0.15) is 78.1 Å². The van der Waals surface area contributed by atoms with Crippen molar-refractivity contribution < 1.29 is 0 Å². The first-order chi connectivity index (χ1) is 9.53. The van der Waals surface area contributed by atoms with E-state index in [-0.39, 0.29) is 0 Å². The summed E-state index contributed by atoms with van der Waals surface area (Å²) in [5, 5.41) is 0. The largest absolute Gasteiger partial charge is 0.328 e. The third kappa shape index (κ3) is 1.77. The third-order valence-corrected chi connectivity index (χ3v) is 8.43. The summed E-state index contributed by atoms with van der Waals surface area (Å²) < 4.78 is 0. The van der Waals surface area contributed by atoms with Gasteiger partial charge in [-0.25, -0.2) is 0 Å². The second kappa shape index (κ2) is 4.48. The summed E-state index contributed by atoms with van der Waals surface area (Å²) in [7, 11) is 0. The molecule has 0 radical (unpaired) electrons. The molecular weight excluding hydrogens is 242 g/mol. The Bertz CT molecular complexity index is 391. The molecule has 20 heavy (non-hydrogen) atoms. The van der Waals surface area contributed by atoms with Crippen LogP contribution in [0.3, 0.4) is 0 Å². The molecule has 0 aromatic rings. The van der Waals surface area contributed by atoms with Crippen LogP contribution in [0.2, 0.25) is 0 Å². The van der Waals surface area contributed by atoms with Crippen LogP contribution in [0.25, 0.3) is 0 Å². The van der Waals surface area contributed by atoms with Gasteiger partial charge in [0.1, 0.15) is 0 Å². The summed E-state index contributed by atoms with van der Waals surface area (Å²) in [6, 6.07) is 0.492. The molecule has 0 aromatic heterocycles. The molecule has 2 N–H and O–H groups in total. The number of hydrogen-bond acceptors (Lipinski definition) is 1. The Kier molecular flexibility index (Phi) is 3.05. The van der Waals surface area contributed by atoms with Gasteiger partial charge in [-0.2, -0.15) is 0 Å². The highest BCUT2D eigenvalue weighted by atomic mass is 14.7. The van der Waals surface area contributed by atoms with Gasteiger partial charge in [-0.05, 0) is 92.3 Å². The molecule has 1 heteroatoms. The third-order valence-electron chi connectivity index (χ3n) is 8.43. The van der Waals surface area contributed by atoms with Crippen molar-refractivity contribution in [2.45, 2.75) is 84.1 Å². The number of rotatable bonds is 0. The van der Waals surface area contributed by atoms with Crippen molar-refractivity contribution in [3.05, 3.63) is 0 Å². The van der Waals surface area contributed by atoms with E-state index in [1.807, 2.05) is 0 Å². The minimum absolute atomic E-state index is 0.492. The summed E-state index contributed by atoms with van der Waals surface area (Å²) in [6.07, 6.45) is 14.7. The van der Waals surface area contributed by atoms with Gasteiger partial charge in [-0.15, -0.1) is 0 Å². The van der Waals surface area contributed by atoms with Gasteiger partial charge in [0.2, 0.25) is 0 Å². The van der Waals surface area contributed by atoms with Crippen LogP contribution in [0.15, 0.2) is 0 Å². The molecule has 0 aliphatic heterocycles. The Morgan fingerprint density at radius 2 is 1.65 bits per heavy atom. The van der Waals surface area contributed by atoms with Crippen molar-refractivity contribution in [2.75, 3.05) is 0 Å². The standard InChI is InChI=1S/C19H33N/c1-18-10-3-4-16(18)15-8-6-13-5-7-14(20)12-19(13,2)17(15)9-11-18/h13-17H,3-12,20H2,1-2H3/t13-,14?,15?,16+,17+,18?,19+/m1/s1. The monoisotopic (exact) mass is 275 g/mol. The lowest BCUT2D eigenvalue weighted by molar-refractivity contribution is -0.106. The zero-order valence-corrected chi connectivity index (χ0v) is 13.5. The fourth-order valence-corrected chi connectivity index (χ4v) is 7.40. The quantitative estimate of drug-likeness (QED) is 0.678. The Morgan fingerprint density at radius 3 is 2.50 bits per heavy atom. The van der Waals surface area contributed by atoms with Gasteiger partial charge < -0.3 is 5.73 Å². The average Bonchev–Trinajstić information content (AvgIpc) is 2.79. The Morgan fingerprint density at radius 1 is 0.850 bits per heavy atom. The molecule has 0 saturated heterocycles. The molecule has 0 heterocycles. The highest BCUT2D eigenvalue weighted by Crippen LogP contribution is 2.65. The van der Waals surface area contributed by atoms with E-state index in [9.17, 15) is 0 Å². The highest BCUT2D eigenvalue weighted by Gasteiger charge is 2.57. The zero-order chi connectivity index (χ0) is 14.0. The molecule has 4 aliphatic rings. The van der Waals surface area contributed by atoms with Gasteiger partial charge in [0.15, 0.2) is 0 Å². The van der Waals surface area contributed by atoms with Crippen molar-refractivity contribution >= 4 is 0 Å². The van der Waals surface area contributed by atoms with Gasteiger partial charge >= 0.3 is 0 Å². The normalized spacial score (nSPS) is 58.6. The summed E-state index contributed by atoms with van der Waals surface area (Å²) in [5.41, 5.74) is 7.68. The summed E-state index contributed by atoms with van der Waals surface area (Å²) in [5.74, 6) is 4.10. The molecule has 0 aromatic carbocycles. The molecule has 4 fully saturated rings. The molecule has 0 amide bonds. The molecule has 1 nitrogen and oxygen atoms in total. The Labute approximate surface area is 125 Å². The Hall–Kier alpha value is -0.0400. The van der Waals surface area contributed by atoms with Gasteiger partial charge in [0.05, 0.1) is 0 Å². The lowest BCUT2D eigenvalue weighted by atomic mass is 9.45. The van der Waals surface area contributed by atoms with Crippen LogP contribution in [-0.4, -0.2) is 6.04 Å². The predicted octanol–water partition coefficient (Wildman–Crippen LogP) is 4.75. The molecule has 114 valence electrons. The molecule has 0 bridgehead atoms. The number of hydrogen-bond donors (Lipinski definition) is 1. The van der Waals surface area contributed by atoms with Crippen LogP contribution in [-0.2, 0) is 0 Å². The van der Waals surface area contributed by atoms with E-state index in [2.05, 4.69) is 13.8 Å². The topological polar surface area (TPSA) is 26.0 Å². The number of nitrogens with two attached hydrogens (primary N) is 1. The maximum atomic E-state index is 6.38. The zero-order valence-electron chi connectivity index (χ0n) is 13.5. The Balaban J connectivity index is 1.64. The summed E-state index contributed by atoms with van der Waals surface area (Å²) >= 11 is 0. The second-order valence-electron chi connectivity index (χ2n) is 9.28. The molecule has 7 atom stereocenters. The van der Waals surface area contributed by atoms with E-state index in [1.54, 1.807) is 6.42 Å². The van der Waals surface area contributed by atoms with E-state index in [4.69, 9.17) is 5.73 Å². The lowest BCUT2D eigenvalue weighted by Crippen LogP contribution is -2.54. The van der Waals surface area contributed by atoms with Crippen molar-refractivity contribution in [3.63, 3.8) is 0 Å². The number of fused-ring (bicyclic) bond motifs is 5. The minimum Gasteiger partial charge on any atom is -0.328 e. The molecule has 4 aliphatic carbocycles. The van der Waals surface area contributed by atoms with Crippen LogP contribution in [0.4, 0.5) is 0 Å². The first-order valence-electron chi connectivity index (χ1n) is 9.28. The molecule has 0 spiro atoms. The lowest BCUT2D eigenvalue weighted by Gasteiger charge is -2.60. The van der Waals surface area contributed by atoms with Gasteiger partial charge in [-0.3, -0.25) is 0 Å². The summed E-state index contributed by atoms with van der Waals surface area (Å²) in [4.78, 5) is 0. The first-order valence-corrected chi connectivity index (χ1v) is 9.28.